The van der Waals surface area contributed by atoms with Gasteiger partial charge in [0, 0.05) is 41.2 Å². The van der Waals surface area contributed by atoms with Crippen LogP contribution >= 0.6 is 0 Å². The second-order valence-corrected chi connectivity index (χ2v) is 15.9. The van der Waals surface area contributed by atoms with Gasteiger partial charge in [0.15, 0.2) is 0 Å². The number of amides is 2. The van der Waals surface area contributed by atoms with Gasteiger partial charge in [0.05, 0.1) is 26.4 Å². The Balaban J connectivity index is 1.35. The summed E-state index contributed by atoms with van der Waals surface area (Å²) in [5, 5.41) is 19.0. The number of nitrogens with zero attached hydrogens (tertiary/aromatic N) is 2. The quantitative estimate of drug-likeness (QED) is 0.265. The Morgan fingerprint density at radius 1 is 1.12 bits per heavy atom. The van der Waals surface area contributed by atoms with Gasteiger partial charge in [-0.15, -0.1) is 0 Å². The van der Waals surface area contributed by atoms with Crippen molar-refractivity contribution in [2.75, 3.05) is 34.4 Å². The summed E-state index contributed by atoms with van der Waals surface area (Å²) in [7, 11) is 5.68. The second-order valence-electron chi connectivity index (χ2n) is 15.9. The van der Waals surface area contributed by atoms with E-state index in [1.165, 1.54) is 6.42 Å². The van der Waals surface area contributed by atoms with E-state index in [0.29, 0.717) is 46.9 Å². The van der Waals surface area contributed by atoms with Crippen molar-refractivity contribution >= 4 is 11.8 Å². The Hall–Kier alpha value is -2.98. The molecule has 264 valence electrons. The van der Waals surface area contributed by atoms with Crippen molar-refractivity contribution in [3.63, 3.8) is 0 Å². The number of benzene rings is 2. The largest absolute Gasteiger partial charge is 0.496 e. The lowest BCUT2D eigenvalue weighted by atomic mass is 9.45. The summed E-state index contributed by atoms with van der Waals surface area (Å²) in [6.07, 6.45) is 2.42. The van der Waals surface area contributed by atoms with E-state index in [0.717, 1.165) is 36.1 Å². The maximum absolute atomic E-state index is 14.0. The predicted molar refractivity (Wildman–Crippen MR) is 189 cm³/mol. The molecule has 4 aliphatic rings. The van der Waals surface area contributed by atoms with Crippen LogP contribution in [-0.4, -0.2) is 85.5 Å². The van der Waals surface area contributed by atoms with Gasteiger partial charge in [0.1, 0.15) is 11.8 Å². The average Bonchev–Trinajstić information content (AvgIpc) is 3.45. The van der Waals surface area contributed by atoms with Gasteiger partial charge in [-0.25, -0.2) is 0 Å². The number of aliphatic hydroxyl groups is 1. The summed E-state index contributed by atoms with van der Waals surface area (Å²) in [5.41, 5.74) is 3.48. The number of hydrogen-bond donors (Lipinski definition) is 3. The molecule has 0 aromatic heterocycles. The van der Waals surface area contributed by atoms with Crippen LogP contribution in [0.4, 0.5) is 0 Å². The molecule has 3 N–H and O–H groups in total. The number of para-hydroxylation sites is 1. The van der Waals surface area contributed by atoms with Gasteiger partial charge < -0.3 is 25.4 Å². The van der Waals surface area contributed by atoms with Crippen molar-refractivity contribution in [1.82, 2.24) is 20.6 Å². The van der Waals surface area contributed by atoms with Crippen LogP contribution < -0.4 is 15.4 Å². The van der Waals surface area contributed by atoms with Crippen molar-refractivity contribution in [2.24, 2.45) is 35.0 Å². The minimum Gasteiger partial charge on any atom is -0.496 e. The van der Waals surface area contributed by atoms with E-state index in [1.807, 2.05) is 56.6 Å². The highest BCUT2D eigenvalue weighted by Gasteiger charge is 2.57. The van der Waals surface area contributed by atoms with Crippen molar-refractivity contribution in [3.05, 3.63) is 53.6 Å². The van der Waals surface area contributed by atoms with Crippen LogP contribution in [-0.2, 0) is 16.2 Å². The molecule has 0 unspecified atom stereocenters. The number of ether oxygens (including phenoxy) is 1. The number of carbonyl (C=O) groups is 2. The topological polar surface area (TPSA) is 103 Å². The highest BCUT2D eigenvalue weighted by Crippen LogP contribution is 2.61. The van der Waals surface area contributed by atoms with Gasteiger partial charge in [-0.3, -0.25) is 14.4 Å². The standard InChI is InChI=1S/C39H58N4O5/c1-23(2)16-30(21-42(7)8)40-37(45)27-13-10-12-26(17-27)31-15-11-14-28(36(31)47-9)20-43-35(32(22-48-43)25(4)44)38(46)41-34-19-29-18-33(24(34)3)39(29,5)6/h10-15,17,23-25,29-30,32-35,44H,16,18-22H2,1-9H3,(H,40,45)(H,41,46)/t24-,25-,29+,30+,32-,33-,34-,35-/m0/s1. The Morgan fingerprint density at radius 2 is 1.85 bits per heavy atom. The second kappa shape index (κ2) is 14.9. The molecule has 9 heteroatoms. The molecule has 2 aromatic rings. The van der Waals surface area contributed by atoms with Crippen LogP contribution in [0.2, 0.25) is 0 Å². The van der Waals surface area contributed by atoms with E-state index in [4.69, 9.17) is 9.57 Å². The van der Waals surface area contributed by atoms with E-state index < -0.39 is 12.1 Å². The zero-order chi connectivity index (χ0) is 34.9. The first-order valence-electron chi connectivity index (χ1n) is 17.8. The lowest BCUT2D eigenvalue weighted by Gasteiger charge is -2.62. The van der Waals surface area contributed by atoms with Gasteiger partial charge in [-0.2, -0.15) is 5.06 Å². The molecule has 48 heavy (non-hydrogen) atoms. The molecule has 3 aliphatic carbocycles. The van der Waals surface area contributed by atoms with E-state index in [1.54, 1.807) is 19.1 Å². The average molecular weight is 663 g/mol. The first-order chi connectivity index (χ1) is 22.7. The SMILES string of the molecule is COc1c(CN2OC[C@@H]([C@H](C)O)[C@H]2C(=O)N[C@H]2C[C@H]3C[C@@H]([C@@H]2C)C3(C)C)cccc1-c1cccc(C(=O)N[C@H](CC(C)C)CN(C)C)c1. The van der Waals surface area contributed by atoms with E-state index in [2.05, 4.69) is 50.2 Å². The summed E-state index contributed by atoms with van der Waals surface area (Å²) in [6.45, 7) is 14.4. The molecule has 0 radical (unpaired) electrons. The number of rotatable bonds is 13. The van der Waals surface area contributed by atoms with E-state index >= 15 is 0 Å². The molecule has 2 amide bonds. The molecule has 3 saturated carbocycles. The van der Waals surface area contributed by atoms with Gasteiger partial charge in [-0.1, -0.05) is 65.0 Å². The fraction of sp³-hybridized carbons (Fsp3) is 0.641. The maximum Gasteiger partial charge on any atom is 0.251 e. The molecule has 9 nitrogen and oxygen atoms in total. The maximum atomic E-state index is 14.0. The third-order valence-corrected chi connectivity index (χ3v) is 11.5. The molecule has 1 saturated heterocycles. The first-order valence-corrected chi connectivity index (χ1v) is 17.8. The molecule has 0 spiro atoms. The van der Waals surface area contributed by atoms with Crippen molar-refractivity contribution in [1.29, 1.82) is 0 Å². The Bertz CT molecular complexity index is 1430. The van der Waals surface area contributed by atoms with Crippen LogP contribution in [0.25, 0.3) is 11.1 Å². The Morgan fingerprint density at radius 3 is 2.48 bits per heavy atom. The van der Waals surface area contributed by atoms with E-state index in [9.17, 15) is 14.7 Å². The predicted octanol–water partition coefficient (Wildman–Crippen LogP) is 5.37. The molecule has 1 aliphatic heterocycles. The van der Waals surface area contributed by atoms with Gasteiger partial charge in [0.25, 0.3) is 5.91 Å². The van der Waals surface area contributed by atoms with Crippen molar-refractivity contribution in [3.8, 4) is 16.9 Å². The number of nitrogens with one attached hydrogen (secondary N) is 2. The smallest absolute Gasteiger partial charge is 0.251 e. The molecule has 8 atom stereocenters. The monoisotopic (exact) mass is 662 g/mol. The number of aliphatic hydroxyl groups excluding tert-OH is 1. The summed E-state index contributed by atoms with van der Waals surface area (Å²) in [6, 6.07) is 13.1. The number of likely N-dealkylation sites (N-methyl/N-ethyl adjacent to an activating group) is 1. The minimum atomic E-state index is -0.707. The fourth-order valence-electron chi connectivity index (χ4n) is 8.68. The Kier molecular flexibility index (Phi) is 11.2. The van der Waals surface area contributed by atoms with Gasteiger partial charge >= 0.3 is 0 Å². The first kappa shape index (κ1) is 36.3. The highest BCUT2D eigenvalue weighted by molar-refractivity contribution is 5.96. The third-order valence-electron chi connectivity index (χ3n) is 11.5. The number of hydrogen-bond acceptors (Lipinski definition) is 7. The molecule has 6 rings (SSSR count). The van der Waals surface area contributed by atoms with Gasteiger partial charge in [0.2, 0.25) is 5.91 Å². The summed E-state index contributed by atoms with van der Waals surface area (Å²) in [4.78, 5) is 35.6. The van der Waals surface area contributed by atoms with E-state index in [-0.39, 0.29) is 36.4 Å². The third kappa shape index (κ3) is 7.59. The zero-order valence-corrected chi connectivity index (χ0v) is 30.5. The Labute approximate surface area is 287 Å². The van der Waals surface area contributed by atoms with Gasteiger partial charge in [-0.05, 0) is 87.1 Å². The summed E-state index contributed by atoms with van der Waals surface area (Å²) in [5.74, 6) is 2.22. The minimum absolute atomic E-state index is 0.0453. The fourth-order valence-corrected chi connectivity index (χ4v) is 8.68. The summed E-state index contributed by atoms with van der Waals surface area (Å²) >= 11 is 0. The van der Waals surface area contributed by atoms with Crippen molar-refractivity contribution in [2.45, 2.75) is 91.6 Å². The number of methoxy groups -OCH3 is 1. The van der Waals surface area contributed by atoms with Crippen molar-refractivity contribution < 1.29 is 24.3 Å². The highest BCUT2D eigenvalue weighted by atomic mass is 16.7. The zero-order valence-electron chi connectivity index (χ0n) is 30.5. The number of hydroxylamine groups is 2. The van der Waals surface area contributed by atoms with Crippen LogP contribution in [0.5, 0.6) is 5.75 Å². The molecular weight excluding hydrogens is 604 g/mol. The number of fused-ring (bicyclic) bond motifs is 2. The lowest BCUT2D eigenvalue weighted by Crippen LogP contribution is -2.62. The number of carbonyl (C=O) groups excluding carboxylic acids is 2. The molecule has 2 bridgehead atoms. The molecular formula is C39H58N4O5. The van der Waals surface area contributed by atoms with Crippen LogP contribution in [0, 0.1) is 35.0 Å². The summed E-state index contributed by atoms with van der Waals surface area (Å²) < 4.78 is 6.00. The molecule has 1 heterocycles. The molecule has 4 fully saturated rings. The lowest BCUT2D eigenvalue weighted by molar-refractivity contribution is -0.161. The molecule has 2 aromatic carbocycles. The normalized spacial score (nSPS) is 27.8. The van der Waals surface area contributed by atoms with Crippen LogP contribution in [0.15, 0.2) is 42.5 Å². The van der Waals surface area contributed by atoms with Crippen LogP contribution in [0.1, 0.15) is 76.7 Å². The van der Waals surface area contributed by atoms with Crippen LogP contribution in [0.3, 0.4) is 0 Å².